The minimum atomic E-state index is -0.825. The highest BCUT2D eigenvalue weighted by molar-refractivity contribution is 6.39. The number of amides is 4. The van der Waals surface area contributed by atoms with Crippen molar-refractivity contribution < 1.29 is 23.9 Å². The summed E-state index contributed by atoms with van der Waals surface area (Å²) in [7, 11) is 0. The predicted octanol–water partition coefficient (Wildman–Crippen LogP) is 6.42. The summed E-state index contributed by atoms with van der Waals surface area (Å²) in [6, 6.07) is 17.7. The number of carbonyl (C=O) groups is 3. The van der Waals surface area contributed by atoms with Gasteiger partial charge in [-0.1, -0.05) is 60.8 Å². The molecule has 1 aliphatic rings. The molecule has 0 spiro atoms. The van der Waals surface area contributed by atoms with Crippen LogP contribution < -0.4 is 19.7 Å². The Morgan fingerprint density at radius 2 is 1.70 bits per heavy atom. The van der Waals surface area contributed by atoms with Gasteiger partial charge < -0.3 is 9.47 Å². The van der Waals surface area contributed by atoms with Gasteiger partial charge in [-0.15, -0.1) is 0 Å². The average molecular weight is 539 g/mol. The Morgan fingerprint density at radius 3 is 2.43 bits per heavy atom. The van der Waals surface area contributed by atoms with Crippen LogP contribution in [-0.2, 0) is 16.2 Å². The smallest absolute Gasteiger partial charge is 0.335 e. The second-order valence-electron chi connectivity index (χ2n) is 8.22. The fourth-order valence-electron chi connectivity index (χ4n) is 3.60. The quantitative estimate of drug-likeness (QED) is 0.193. The summed E-state index contributed by atoms with van der Waals surface area (Å²) < 4.78 is 11.6. The first kappa shape index (κ1) is 26.3. The van der Waals surface area contributed by atoms with Gasteiger partial charge in [-0.3, -0.25) is 14.9 Å². The molecule has 0 radical (unpaired) electrons. The van der Waals surface area contributed by atoms with Crippen LogP contribution in [0.4, 0.5) is 10.5 Å². The SMILES string of the molecule is CCCCOc1ccc(N2C(=O)NC(=O)/C(=C/c3ccccc3OCc3ccc(Cl)cc3Cl)C2=O)cc1. The minimum absolute atomic E-state index is 0.146. The van der Waals surface area contributed by atoms with E-state index in [0.29, 0.717) is 39.4 Å². The second kappa shape index (κ2) is 12.0. The maximum atomic E-state index is 13.3. The minimum Gasteiger partial charge on any atom is -0.494 e. The number of barbiturate groups is 1. The lowest BCUT2D eigenvalue weighted by Gasteiger charge is -2.26. The Bertz CT molecular complexity index is 1350. The third-order valence-electron chi connectivity index (χ3n) is 5.58. The normalized spacial score (nSPS) is 14.6. The Balaban J connectivity index is 1.56. The largest absolute Gasteiger partial charge is 0.494 e. The fraction of sp³-hybridized carbons (Fsp3) is 0.179. The number of rotatable bonds is 9. The maximum absolute atomic E-state index is 13.3. The van der Waals surface area contributed by atoms with Gasteiger partial charge in [0.2, 0.25) is 0 Å². The van der Waals surface area contributed by atoms with Gasteiger partial charge in [-0.2, -0.15) is 0 Å². The molecule has 9 heteroatoms. The van der Waals surface area contributed by atoms with E-state index in [9.17, 15) is 14.4 Å². The zero-order chi connectivity index (χ0) is 26.4. The van der Waals surface area contributed by atoms with Gasteiger partial charge in [0.05, 0.1) is 12.3 Å². The van der Waals surface area contributed by atoms with Crippen molar-refractivity contribution in [2.75, 3.05) is 11.5 Å². The molecule has 3 aromatic rings. The van der Waals surface area contributed by atoms with E-state index in [4.69, 9.17) is 32.7 Å². The Labute approximate surface area is 224 Å². The van der Waals surface area contributed by atoms with Crippen LogP contribution in [0.25, 0.3) is 6.08 Å². The van der Waals surface area contributed by atoms with E-state index in [-0.39, 0.29) is 12.2 Å². The number of imide groups is 2. The number of nitrogens with zero attached hydrogens (tertiary/aromatic N) is 1. The lowest BCUT2D eigenvalue weighted by molar-refractivity contribution is -0.122. The molecule has 1 aliphatic heterocycles. The van der Waals surface area contributed by atoms with Crippen molar-refractivity contribution in [3.05, 3.63) is 93.5 Å². The van der Waals surface area contributed by atoms with E-state index >= 15 is 0 Å². The van der Waals surface area contributed by atoms with Crippen LogP contribution >= 0.6 is 23.2 Å². The summed E-state index contributed by atoms with van der Waals surface area (Å²) in [6.07, 6.45) is 3.33. The molecule has 1 saturated heterocycles. The Morgan fingerprint density at radius 1 is 0.946 bits per heavy atom. The van der Waals surface area contributed by atoms with Gasteiger partial charge in [0.15, 0.2) is 0 Å². The van der Waals surface area contributed by atoms with E-state index in [0.717, 1.165) is 23.3 Å². The topological polar surface area (TPSA) is 84.9 Å². The zero-order valence-electron chi connectivity index (χ0n) is 20.0. The highest BCUT2D eigenvalue weighted by Crippen LogP contribution is 2.28. The highest BCUT2D eigenvalue weighted by atomic mass is 35.5. The van der Waals surface area contributed by atoms with Gasteiger partial charge in [0.1, 0.15) is 23.7 Å². The molecular weight excluding hydrogens is 515 g/mol. The molecule has 1 heterocycles. The van der Waals surface area contributed by atoms with Gasteiger partial charge in [0.25, 0.3) is 11.8 Å². The number of nitrogens with one attached hydrogen (secondary N) is 1. The van der Waals surface area contributed by atoms with E-state index in [1.54, 1.807) is 66.7 Å². The standard InChI is InChI=1S/C28H24Cl2N2O5/c1-2-3-14-36-22-12-10-21(11-13-22)32-27(34)23(26(33)31-28(32)35)15-18-6-4-5-7-25(18)37-17-19-8-9-20(29)16-24(19)30/h4-13,15-16H,2-3,14,17H2,1H3,(H,31,33,35)/b23-15-. The molecular formula is C28H24Cl2N2O5. The molecule has 0 saturated carbocycles. The third kappa shape index (κ3) is 6.31. The van der Waals surface area contributed by atoms with Crippen LogP contribution in [0, 0.1) is 0 Å². The fourth-order valence-corrected chi connectivity index (χ4v) is 4.06. The number of hydrogen-bond donors (Lipinski definition) is 1. The molecule has 4 amide bonds. The van der Waals surface area contributed by atoms with Gasteiger partial charge >= 0.3 is 6.03 Å². The van der Waals surface area contributed by atoms with Crippen LogP contribution in [0.5, 0.6) is 11.5 Å². The molecule has 1 N–H and O–H groups in total. The van der Waals surface area contributed by atoms with Gasteiger partial charge in [-0.05, 0) is 55.0 Å². The first-order valence-electron chi connectivity index (χ1n) is 11.7. The summed E-state index contributed by atoms with van der Waals surface area (Å²) in [5.41, 5.74) is 1.31. The van der Waals surface area contributed by atoms with Gasteiger partial charge in [0, 0.05) is 21.2 Å². The molecule has 0 bridgehead atoms. The molecule has 37 heavy (non-hydrogen) atoms. The predicted molar refractivity (Wildman–Crippen MR) is 143 cm³/mol. The van der Waals surface area contributed by atoms with Crippen molar-refractivity contribution >= 4 is 52.8 Å². The highest BCUT2D eigenvalue weighted by Gasteiger charge is 2.37. The lowest BCUT2D eigenvalue weighted by Crippen LogP contribution is -2.54. The summed E-state index contributed by atoms with van der Waals surface area (Å²) in [4.78, 5) is 39.4. The Hall–Kier alpha value is -3.81. The van der Waals surface area contributed by atoms with E-state index in [2.05, 4.69) is 12.2 Å². The maximum Gasteiger partial charge on any atom is 0.335 e. The summed E-state index contributed by atoms with van der Waals surface area (Å²) in [5, 5.41) is 3.20. The average Bonchev–Trinajstić information content (AvgIpc) is 2.87. The number of hydrogen-bond acceptors (Lipinski definition) is 5. The van der Waals surface area contributed by atoms with Crippen molar-refractivity contribution in [3.8, 4) is 11.5 Å². The number of ether oxygens (including phenoxy) is 2. The molecule has 0 unspecified atom stereocenters. The summed E-state index contributed by atoms with van der Waals surface area (Å²) in [6.45, 7) is 2.79. The molecule has 0 aromatic heterocycles. The van der Waals surface area contributed by atoms with Crippen LogP contribution in [0.3, 0.4) is 0 Å². The Kier molecular flexibility index (Phi) is 8.48. The zero-order valence-corrected chi connectivity index (χ0v) is 21.5. The van der Waals surface area contributed by atoms with E-state index in [1.807, 2.05) is 0 Å². The van der Waals surface area contributed by atoms with E-state index in [1.165, 1.54) is 6.08 Å². The monoisotopic (exact) mass is 538 g/mol. The number of anilines is 1. The lowest BCUT2D eigenvalue weighted by atomic mass is 10.1. The molecule has 7 nitrogen and oxygen atoms in total. The van der Waals surface area contributed by atoms with Crippen LogP contribution in [-0.4, -0.2) is 24.5 Å². The first-order valence-corrected chi connectivity index (χ1v) is 12.4. The number of halogens is 2. The van der Waals surface area contributed by atoms with Crippen molar-refractivity contribution in [3.63, 3.8) is 0 Å². The first-order chi connectivity index (χ1) is 17.9. The number of para-hydroxylation sites is 1. The number of urea groups is 1. The molecule has 0 atom stereocenters. The molecule has 1 fully saturated rings. The van der Waals surface area contributed by atoms with Crippen molar-refractivity contribution in [1.29, 1.82) is 0 Å². The second-order valence-corrected chi connectivity index (χ2v) is 9.06. The van der Waals surface area contributed by atoms with Crippen molar-refractivity contribution in [1.82, 2.24) is 5.32 Å². The molecule has 3 aromatic carbocycles. The molecule has 190 valence electrons. The van der Waals surface area contributed by atoms with Crippen LogP contribution in [0.15, 0.2) is 72.3 Å². The third-order valence-corrected chi connectivity index (χ3v) is 6.17. The summed E-state index contributed by atoms with van der Waals surface area (Å²) in [5.74, 6) is -0.482. The van der Waals surface area contributed by atoms with Crippen LogP contribution in [0.1, 0.15) is 30.9 Å². The van der Waals surface area contributed by atoms with Gasteiger partial charge in [-0.25, -0.2) is 9.69 Å². The van der Waals surface area contributed by atoms with E-state index < -0.39 is 17.8 Å². The molecule has 4 rings (SSSR count). The number of unbranched alkanes of at least 4 members (excludes halogenated alkanes) is 1. The van der Waals surface area contributed by atoms with Crippen molar-refractivity contribution in [2.45, 2.75) is 26.4 Å². The molecule has 0 aliphatic carbocycles. The summed E-state index contributed by atoms with van der Waals surface area (Å²) >= 11 is 12.2. The van der Waals surface area contributed by atoms with Crippen LogP contribution in [0.2, 0.25) is 10.0 Å². The number of carbonyl (C=O) groups excluding carboxylic acids is 3. The number of benzene rings is 3. The van der Waals surface area contributed by atoms with Crippen molar-refractivity contribution in [2.24, 2.45) is 0 Å².